The van der Waals surface area contributed by atoms with E-state index >= 15 is 4.11 Å². The fraction of sp³-hybridized carbons (Fsp3) is 0.417. The normalized spacial score (nSPS) is 23.4. The molecule has 3 aromatic rings. The van der Waals surface area contributed by atoms with Crippen molar-refractivity contribution in [1.82, 2.24) is 4.90 Å². The van der Waals surface area contributed by atoms with E-state index in [9.17, 15) is 29.6 Å². The molecule has 13 heteroatoms. The number of halogens is 1. The molecule has 1 spiro atoms. The third-order valence-electron chi connectivity index (χ3n) is 10.1. The number of nitro benzene ring substituents is 1. The zero-order chi connectivity index (χ0) is 35.1. The van der Waals surface area contributed by atoms with Gasteiger partial charge in [-0.15, -0.1) is 0 Å². The molecule has 2 saturated heterocycles. The zero-order valence-electron chi connectivity index (χ0n) is 27.9. The van der Waals surface area contributed by atoms with Crippen LogP contribution in [0.2, 0.25) is 18.6 Å². The molecule has 11 nitrogen and oxygen atoms in total. The van der Waals surface area contributed by atoms with Crippen molar-refractivity contribution in [2.45, 2.75) is 69.6 Å². The van der Waals surface area contributed by atoms with Gasteiger partial charge in [-0.25, -0.2) is 0 Å². The first-order valence-electron chi connectivity index (χ1n) is 16.6. The number of rotatable bonds is 11. The number of amides is 3. The van der Waals surface area contributed by atoms with Crippen molar-refractivity contribution in [1.29, 1.82) is 0 Å². The van der Waals surface area contributed by atoms with Gasteiger partial charge in [-0.2, -0.15) is 0 Å². The van der Waals surface area contributed by atoms with Crippen LogP contribution in [-0.2, 0) is 37.8 Å². The molecule has 3 heterocycles. The molecule has 0 unspecified atom stereocenters. The van der Waals surface area contributed by atoms with Gasteiger partial charge in [-0.3, -0.25) is 24.5 Å². The number of aliphatic hydroxyl groups excluding tert-OH is 1. The highest BCUT2D eigenvalue weighted by Crippen LogP contribution is 2.60. The van der Waals surface area contributed by atoms with Crippen LogP contribution in [0.4, 0.5) is 21.2 Å². The highest BCUT2D eigenvalue weighted by Gasteiger charge is 2.67. The largest absolute Gasteiger partial charge is 0.395 e. The molecule has 0 bridgehead atoms. The van der Waals surface area contributed by atoms with Crippen LogP contribution < -0.4 is 9.80 Å². The number of hydrogen-bond donors (Lipinski definition) is 1. The van der Waals surface area contributed by atoms with Crippen LogP contribution in [0.1, 0.15) is 42.9 Å². The zero-order valence-corrected chi connectivity index (χ0v) is 28.9. The van der Waals surface area contributed by atoms with E-state index in [0.29, 0.717) is 18.7 Å². The van der Waals surface area contributed by atoms with E-state index in [-0.39, 0.29) is 55.7 Å². The summed E-state index contributed by atoms with van der Waals surface area (Å²) in [5.41, 5.74) is 0.333. The molecular weight excluding hydrogens is 648 g/mol. The molecule has 258 valence electrons. The molecule has 6 rings (SSSR count). The summed E-state index contributed by atoms with van der Waals surface area (Å²) in [5, 5.41) is 21.7. The third kappa shape index (κ3) is 6.38. The van der Waals surface area contributed by atoms with Crippen LogP contribution in [0.3, 0.4) is 0 Å². The summed E-state index contributed by atoms with van der Waals surface area (Å²) in [6.07, 6.45) is 0.0914. The van der Waals surface area contributed by atoms with Gasteiger partial charge in [0.25, 0.3) is 11.6 Å². The van der Waals surface area contributed by atoms with E-state index in [1.54, 1.807) is 11.8 Å². The Morgan fingerprint density at radius 2 is 1.82 bits per heavy atom. The fourth-order valence-electron chi connectivity index (χ4n) is 7.91. The predicted octanol–water partition coefficient (Wildman–Crippen LogP) is 5.45. The number of hydrogen-bond acceptors (Lipinski definition) is 7. The number of benzene rings is 3. The first-order chi connectivity index (χ1) is 23.3. The minimum absolute atomic E-state index is 0.0637. The topological polar surface area (TPSA) is 134 Å². The lowest BCUT2D eigenvalue weighted by Gasteiger charge is -2.31. The molecule has 3 aliphatic heterocycles. The molecule has 0 aromatic heterocycles. The Hall–Kier alpha value is -4.46. The molecule has 3 aliphatic rings. The number of carbonyl (C=O) groups excluding carboxylic acids is 3. The summed E-state index contributed by atoms with van der Waals surface area (Å²) in [5.74, 6) is -1.51. The van der Waals surface area contributed by atoms with Crippen molar-refractivity contribution >= 4 is 43.2 Å². The molecular formula is C36H41FN4O7Si. The Balaban J connectivity index is 1.34. The van der Waals surface area contributed by atoms with Gasteiger partial charge < -0.3 is 28.7 Å². The smallest absolute Gasteiger partial charge is 0.269 e. The maximum atomic E-state index is 16.4. The van der Waals surface area contributed by atoms with Crippen LogP contribution in [0.15, 0.2) is 72.8 Å². The molecule has 4 atom stereocenters. The summed E-state index contributed by atoms with van der Waals surface area (Å²) >= 11 is 0. The van der Waals surface area contributed by atoms with Crippen molar-refractivity contribution in [3.8, 4) is 0 Å². The SMILES string of the molecule is C[C@H]1[C@H]([Si](C)(C)F)[C@@H](CC(=O)N(CCO)Cc2ccccc2)O[C@]12C(=O)N(Cc1ccc(N3CCCC3=O)cc1)c1ccc([N+](=O)[O-])cc12. The molecule has 2 fully saturated rings. The third-order valence-corrected chi connectivity index (χ3v) is 12.6. The van der Waals surface area contributed by atoms with Crippen molar-refractivity contribution in [2.24, 2.45) is 5.92 Å². The van der Waals surface area contributed by atoms with Crippen LogP contribution >= 0.6 is 0 Å². The van der Waals surface area contributed by atoms with E-state index in [0.717, 1.165) is 23.2 Å². The average molecular weight is 689 g/mol. The van der Waals surface area contributed by atoms with Gasteiger partial charge in [0.2, 0.25) is 20.2 Å². The first-order valence-corrected chi connectivity index (χ1v) is 19.6. The predicted molar refractivity (Wildman–Crippen MR) is 184 cm³/mol. The lowest BCUT2D eigenvalue weighted by molar-refractivity contribution is -0.385. The van der Waals surface area contributed by atoms with E-state index in [1.807, 2.05) is 54.6 Å². The lowest BCUT2D eigenvalue weighted by Crippen LogP contribution is -2.45. The summed E-state index contributed by atoms with van der Waals surface area (Å²) in [6, 6.07) is 20.9. The number of nitrogens with zero attached hydrogens (tertiary/aromatic N) is 4. The second kappa shape index (κ2) is 13.4. The second-order valence-electron chi connectivity index (χ2n) is 13.7. The summed E-state index contributed by atoms with van der Waals surface area (Å²) in [6.45, 7) is 5.60. The number of ether oxygens (including phenoxy) is 1. The summed E-state index contributed by atoms with van der Waals surface area (Å²) < 4.78 is 23.0. The van der Waals surface area contributed by atoms with E-state index in [4.69, 9.17) is 4.74 Å². The minimum Gasteiger partial charge on any atom is -0.395 e. The van der Waals surface area contributed by atoms with Crippen LogP contribution in [0, 0.1) is 16.0 Å². The Morgan fingerprint density at radius 1 is 1.10 bits per heavy atom. The number of carbonyl (C=O) groups is 3. The fourth-order valence-corrected chi connectivity index (χ4v) is 10.4. The molecule has 0 saturated carbocycles. The molecule has 3 amide bonds. The van der Waals surface area contributed by atoms with E-state index in [1.165, 1.54) is 41.1 Å². The van der Waals surface area contributed by atoms with E-state index in [2.05, 4.69) is 0 Å². The Morgan fingerprint density at radius 3 is 2.43 bits per heavy atom. The standard InChI is InChI=1S/C36H41FN4O7Si/c1-24-34(49(2,3)37)31(21-33(44)38(18-19-42)22-25-8-5-4-6-9-25)48-36(24)29-20-28(41(46)47)15-16-30(29)40(35(36)45)23-26-11-13-27(14-12-26)39-17-7-10-32(39)43/h4-6,8-9,11-16,20,24,31,34,42H,7,10,17-19,21-23H2,1-3H3/t24-,31+,34-,36+/m0/s1. The molecule has 0 aliphatic carbocycles. The number of nitro groups is 1. The van der Waals surface area contributed by atoms with Gasteiger partial charge in [0.05, 0.1) is 36.3 Å². The Labute approximate surface area is 285 Å². The molecule has 49 heavy (non-hydrogen) atoms. The molecule has 0 radical (unpaired) electrons. The number of fused-ring (bicyclic) bond motifs is 2. The summed E-state index contributed by atoms with van der Waals surface area (Å²) in [7, 11) is -3.63. The van der Waals surface area contributed by atoms with Crippen molar-refractivity contribution in [3.63, 3.8) is 0 Å². The molecule has 3 aromatic carbocycles. The number of aliphatic hydroxyl groups is 1. The van der Waals surface area contributed by atoms with Gasteiger partial charge in [-0.1, -0.05) is 49.4 Å². The maximum absolute atomic E-state index is 16.4. The maximum Gasteiger partial charge on any atom is 0.269 e. The Kier molecular flexibility index (Phi) is 9.44. The van der Waals surface area contributed by atoms with Crippen LogP contribution in [0.25, 0.3) is 0 Å². The average Bonchev–Trinajstić information content (AvgIpc) is 3.70. The van der Waals surface area contributed by atoms with Crippen molar-refractivity contribution in [2.75, 3.05) is 29.5 Å². The van der Waals surface area contributed by atoms with Gasteiger partial charge in [0.15, 0.2) is 5.60 Å². The monoisotopic (exact) mass is 688 g/mol. The quantitative estimate of drug-likeness (QED) is 0.123. The van der Waals surface area contributed by atoms with Gasteiger partial charge in [0.1, 0.15) is 0 Å². The van der Waals surface area contributed by atoms with Gasteiger partial charge >= 0.3 is 0 Å². The van der Waals surface area contributed by atoms with Crippen LogP contribution in [0.5, 0.6) is 0 Å². The van der Waals surface area contributed by atoms with Crippen molar-refractivity contribution < 1.29 is 33.3 Å². The highest BCUT2D eigenvalue weighted by atomic mass is 28.4. The molecule has 1 N–H and O–H groups in total. The highest BCUT2D eigenvalue weighted by molar-refractivity contribution is 6.72. The van der Waals surface area contributed by atoms with E-state index < -0.39 is 42.4 Å². The second-order valence-corrected chi connectivity index (χ2v) is 17.5. The van der Waals surface area contributed by atoms with Gasteiger partial charge in [-0.05, 0) is 48.8 Å². The lowest BCUT2D eigenvalue weighted by atomic mass is 9.82. The first kappa shape index (κ1) is 34.4. The Bertz CT molecular complexity index is 1750. The number of anilines is 2. The number of non-ortho nitro benzene ring substituents is 1. The minimum atomic E-state index is -3.63. The van der Waals surface area contributed by atoms with Crippen LogP contribution in [-0.4, -0.2) is 66.9 Å². The van der Waals surface area contributed by atoms with Gasteiger partial charge in [0, 0.05) is 60.9 Å². The summed E-state index contributed by atoms with van der Waals surface area (Å²) in [4.78, 5) is 57.0. The van der Waals surface area contributed by atoms with Crippen molar-refractivity contribution in [3.05, 3.63) is 99.6 Å².